The van der Waals surface area contributed by atoms with Crippen molar-refractivity contribution in [2.24, 2.45) is 5.73 Å². The molecule has 0 bridgehead atoms. The Bertz CT molecular complexity index is 646. The number of nitrogens with zero attached hydrogens (tertiary/aromatic N) is 2. The third kappa shape index (κ3) is 3.76. The molecule has 0 atom stereocenters. The third-order valence-corrected chi connectivity index (χ3v) is 3.13. The standard InChI is InChI=1S/C15H15N3O2S/c16-14(21)7-9-18(11-4-2-1-3-5-11)15(20)12-6-8-17-10-13(12)19/h1-6,8,10,19H,7,9H2,(H2,16,21). The summed E-state index contributed by atoms with van der Waals surface area (Å²) in [6, 6.07) is 10.6. The van der Waals surface area contributed by atoms with Crippen molar-refractivity contribution < 1.29 is 9.90 Å². The first-order chi connectivity index (χ1) is 10.1. The zero-order chi connectivity index (χ0) is 15.2. The molecule has 0 saturated heterocycles. The minimum atomic E-state index is -0.322. The van der Waals surface area contributed by atoms with E-state index in [1.807, 2.05) is 30.3 Å². The number of amides is 1. The number of nitrogens with two attached hydrogens (primary N) is 1. The molecule has 2 rings (SSSR count). The van der Waals surface area contributed by atoms with E-state index in [0.717, 1.165) is 5.69 Å². The number of hydrogen-bond donors (Lipinski definition) is 2. The van der Waals surface area contributed by atoms with Gasteiger partial charge >= 0.3 is 0 Å². The fourth-order valence-corrected chi connectivity index (χ4v) is 1.98. The van der Waals surface area contributed by atoms with Crippen molar-refractivity contribution in [3.63, 3.8) is 0 Å². The second-order valence-corrected chi connectivity index (χ2v) is 4.93. The summed E-state index contributed by atoms with van der Waals surface area (Å²) < 4.78 is 0. The molecule has 1 aromatic carbocycles. The van der Waals surface area contributed by atoms with Gasteiger partial charge in [0, 0.05) is 24.8 Å². The molecule has 1 aromatic heterocycles. The van der Waals surface area contributed by atoms with Gasteiger partial charge in [0.25, 0.3) is 5.91 Å². The van der Waals surface area contributed by atoms with Gasteiger partial charge in [-0.1, -0.05) is 30.4 Å². The van der Waals surface area contributed by atoms with Gasteiger partial charge in [-0.05, 0) is 18.2 Å². The molecule has 5 nitrogen and oxygen atoms in total. The molecule has 0 fully saturated rings. The average Bonchev–Trinajstić information content (AvgIpc) is 2.48. The number of para-hydroxylation sites is 1. The molecule has 108 valence electrons. The quantitative estimate of drug-likeness (QED) is 0.827. The zero-order valence-electron chi connectivity index (χ0n) is 11.3. The van der Waals surface area contributed by atoms with Gasteiger partial charge in [-0.3, -0.25) is 9.78 Å². The Labute approximate surface area is 128 Å². The first-order valence-corrected chi connectivity index (χ1v) is 6.78. The number of hydrogen-bond acceptors (Lipinski definition) is 4. The van der Waals surface area contributed by atoms with E-state index >= 15 is 0 Å². The molecule has 0 aliphatic rings. The lowest BCUT2D eigenvalue weighted by Crippen LogP contribution is -2.33. The normalized spacial score (nSPS) is 10.1. The maximum Gasteiger partial charge on any atom is 0.262 e. The fraction of sp³-hybridized carbons (Fsp3) is 0.133. The topological polar surface area (TPSA) is 79.5 Å². The van der Waals surface area contributed by atoms with Crippen LogP contribution in [0.4, 0.5) is 5.69 Å². The third-order valence-electron chi connectivity index (χ3n) is 2.93. The van der Waals surface area contributed by atoms with E-state index in [4.69, 9.17) is 18.0 Å². The largest absolute Gasteiger partial charge is 0.505 e. The number of benzene rings is 1. The van der Waals surface area contributed by atoms with Crippen molar-refractivity contribution in [3.8, 4) is 5.75 Å². The Kier molecular flexibility index (Phi) is 4.84. The lowest BCUT2D eigenvalue weighted by molar-refractivity contribution is 0.0985. The van der Waals surface area contributed by atoms with E-state index < -0.39 is 0 Å². The number of aromatic nitrogens is 1. The first kappa shape index (κ1) is 14.9. The smallest absolute Gasteiger partial charge is 0.262 e. The van der Waals surface area contributed by atoms with E-state index in [2.05, 4.69) is 4.98 Å². The van der Waals surface area contributed by atoms with Crippen LogP contribution < -0.4 is 10.6 Å². The number of rotatable bonds is 5. The van der Waals surface area contributed by atoms with Crippen LogP contribution >= 0.6 is 12.2 Å². The van der Waals surface area contributed by atoms with E-state index in [1.54, 1.807) is 0 Å². The van der Waals surface area contributed by atoms with E-state index in [0.29, 0.717) is 18.0 Å². The Morgan fingerprint density at radius 1 is 1.29 bits per heavy atom. The van der Waals surface area contributed by atoms with Crippen molar-refractivity contribution in [2.75, 3.05) is 11.4 Å². The lowest BCUT2D eigenvalue weighted by Gasteiger charge is -2.23. The molecule has 21 heavy (non-hydrogen) atoms. The SMILES string of the molecule is NC(=S)CCN(C(=O)c1ccncc1O)c1ccccc1. The Hall–Kier alpha value is -2.47. The summed E-state index contributed by atoms with van der Waals surface area (Å²) in [4.78, 5) is 18.3. The Morgan fingerprint density at radius 2 is 2.00 bits per heavy atom. The van der Waals surface area contributed by atoms with Crippen molar-refractivity contribution in [2.45, 2.75) is 6.42 Å². The summed E-state index contributed by atoms with van der Waals surface area (Å²) in [7, 11) is 0. The molecular formula is C15H15N3O2S. The van der Waals surface area contributed by atoms with Gasteiger partial charge in [-0.25, -0.2) is 0 Å². The van der Waals surface area contributed by atoms with Crippen molar-refractivity contribution >= 4 is 28.8 Å². The monoisotopic (exact) mass is 301 g/mol. The molecule has 0 spiro atoms. The van der Waals surface area contributed by atoms with Crippen LogP contribution in [0, 0.1) is 0 Å². The molecule has 6 heteroatoms. The van der Waals surface area contributed by atoms with Gasteiger partial charge in [-0.2, -0.15) is 0 Å². The van der Waals surface area contributed by atoms with Crippen LogP contribution in [0.25, 0.3) is 0 Å². The number of thiocarbonyl (C=S) groups is 1. The van der Waals surface area contributed by atoms with Crippen LogP contribution in [0.15, 0.2) is 48.8 Å². The zero-order valence-corrected chi connectivity index (χ0v) is 12.1. The van der Waals surface area contributed by atoms with Crippen LogP contribution in [0.3, 0.4) is 0 Å². The summed E-state index contributed by atoms with van der Waals surface area (Å²) in [5.41, 5.74) is 6.43. The average molecular weight is 301 g/mol. The first-order valence-electron chi connectivity index (χ1n) is 6.38. The molecule has 1 heterocycles. The van der Waals surface area contributed by atoms with Gasteiger partial charge < -0.3 is 15.7 Å². The van der Waals surface area contributed by atoms with Crippen molar-refractivity contribution in [1.29, 1.82) is 0 Å². The van der Waals surface area contributed by atoms with Crippen LogP contribution in [-0.2, 0) is 0 Å². The predicted octanol–water partition coefficient (Wildman–Crippen LogP) is 2.11. The van der Waals surface area contributed by atoms with Gasteiger partial charge in [-0.15, -0.1) is 0 Å². The second kappa shape index (κ2) is 6.81. The Morgan fingerprint density at radius 3 is 2.62 bits per heavy atom. The molecule has 0 aliphatic heterocycles. The van der Waals surface area contributed by atoms with Crippen LogP contribution in [0.5, 0.6) is 5.75 Å². The number of carbonyl (C=O) groups is 1. The molecular weight excluding hydrogens is 286 g/mol. The highest BCUT2D eigenvalue weighted by Crippen LogP contribution is 2.21. The maximum atomic E-state index is 12.6. The van der Waals surface area contributed by atoms with Gasteiger partial charge in [0.05, 0.1) is 16.7 Å². The van der Waals surface area contributed by atoms with E-state index in [1.165, 1.54) is 23.4 Å². The van der Waals surface area contributed by atoms with Crippen LogP contribution in [0.1, 0.15) is 16.8 Å². The summed E-state index contributed by atoms with van der Waals surface area (Å²) in [5, 5.41) is 9.79. The lowest BCUT2D eigenvalue weighted by atomic mass is 10.2. The van der Waals surface area contributed by atoms with E-state index in [-0.39, 0.29) is 17.2 Å². The second-order valence-electron chi connectivity index (χ2n) is 4.40. The highest BCUT2D eigenvalue weighted by atomic mass is 32.1. The van der Waals surface area contributed by atoms with Crippen molar-refractivity contribution in [1.82, 2.24) is 4.98 Å². The minimum absolute atomic E-state index is 0.154. The minimum Gasteiger partial charge on any atom is -0.505 e. The van der Waals surface area contributed by atoms with Crippen LogP contribution in [0.2, 0.25) is 0 Å². The summed E-state index contributed by atoms with van der Waals surface area (Å²) >= 11 is 4.87. The number of anilines is 1. The van der Waals surface area contributed by atoms with E-state index in [9.17, 15) is 9.90 Å². The molecule has 1 amide bonds. The molecule has 0 unspecified atom stereocenters. The number of carbonyl (C=O) groups excluding carboxylic acids is 1. The van der Waals surface area contributed by atoms with Gasteiger partial charge in [0.1, 0.15) is 5.75 Å². The number of pyridine rings is 1. The highest BCUT2D eigenvalue weighted by Gasteiger charge is 2.20. The molecule has 0 aliphatic carbocycles. The molecule has 0 saturated carbocycles. The van der Waals surface area contributed by atoms with Gasteiger partial charge in [0.2, 0.25) is 0 Å². The maximum absolute atomic E-state index is 12.6. The highest BCUT2D eigenvalue weighted by molar-refractivity contribution is 7.80. The summed E-state index contributed by atoms with van der Waals surface area (Å²) in [6.45, 7) is 0.347. The Balaban J connectivity index is 2.33. The predicted molar refractivity (Wildman–Crippen MR) is 85.4 cm³/mol. The van der Waals surface area contributed by atoms with Gasteiger partial charge in [0.15, 0.2) is 0 Å². The molecule has 3 N–H and O–H groups in total. The molecule has 0 radical (unpaired) electrons. The summed E-state index contributed by atoms with van der Waals surface area (Å²) in [6.07, 6.45) is 3.11. The fourth-order valence-electron chi connectivity index (χ4n) is 1.89. The molecule has 2 aromatic rings. The number of aromatic hydroxyl groups is 1. The van der Waals surface area contributed by atoms with Crippen LogP contribution in [-0.4, -0.2) is 27.5 Å². The summed E-state index contributed by atoms with van der Waals surface area (Å²) in [5.74, 6) is -0.476. The van der Waals surface area contributed by atoms with Crippen molar-refractivity contribution in [3.05, 3.63) is 54.4 Å².